The number of rotatable bonds is 3. The summed E-state index contributed by atoms with van der Waals surface area (Å²) in [6.45, 7) is 5.62. The number of halogens is 3. The van der Waals surface area contributed by atoms with E-state index in [4.69, 9.17) is 0 Å². The van der Waals surface area contributed by atoms with E-state index in [1.54, 1.807) is 20.0 Å². The molecule has 0 bridgehead atoms. The van der Waals surface area contributed by atoms with Crippen molar-refractivity contribution in [1.82, 2.24) is 5.32 Å². The van der Waals surface area contributed by atoms with Gasteiger partial charge < -0.3 is 5.32 Å². The van der Waals surface area contributed by atoms with Gasteiger partial charge in [0.15, 0.2) is 0 Å². The molecule has 0 saturated heterocycles. The van der Waals surface area contributed by atoms with E-state index in [1.165, 1.54) is 0 Å². The molecule has 0 spiro atoms. The maximum Gasteiger partial charge on any atom is 0.131 e. The summed E-state index contributed by atoms with van der Waals surface area (Å²) in [5.74, 6) is -1.05. The second kappa shape index (κ2) is 6.24. The van der Waals surface area contributed by atoms with Crippen molar-refractivity contribution in [2.24, 2.45) is 0 Å². The van der Waals surface area contributed by atoms with Crippen molar-refractivity contribution in [3.8, 4) is 0 Å². The predicted octanol–water partition coefficient (Wildman–Crippen LogP) is 4.96. The summed E-state index contributed by atoms with van der Waals surface area (Å²) in [4.78, 5) is 0. The van der Waals surface area contributed by atoms with E-state index in [2.05, 4.69) is 21.2 Å². The minimum Gasteiger partial charge on any atom is -0.309 e. The number of aryl methyl sites for hydroxylation is 3. The average Bonchev–Trinajstić information content (AvgIpc) is 2.42. The lowest BCUT2D eigenvalue weighted by Crippen LogP contribution is -2.20. The van der Waals surface area contributed by atoms with Gasteiger partial charge in [-0.15, -0.1) is 0 Å². The molecule has 21 heavy (non-hydrogen) atoms. The Labute approximate surface area is 132 Å². The van der Waals surface area contributed by atoms with E-state index in [0.717, 1.165) is 27.2 Å². The molecule has 0 saturated carbocycles. The maximum atomic E-state index is 14.2. The largest absolute Gasteiger partial charge is 0.309 e. The SMILES string of the molecule is CNC(c1cc(C)c(Br)cc1C)c1cc(C)c(F)cc1F. The summed E-state index contributed by atoms with van der Waals surface area (Å²) in [6.07, 6.45) is 0. The zero-order valence-corrected chi connectivity index (χ0v) is 14.1. The van der Waals surface area contributed by atoms with Crippen LogP contribution in [0.4, 0.5) is 8.78 Å². The molecular formula is C17H18BrF2N. The van der Waals surface area contributed by atoms with Gasteiger partial charge in [0.25, 0.3) is 0 Å². The van der Waals surface area contributed by atoms with E-state index in [0.29, 0.717) is 11.1 Å². The molecule has 0 aliphatic rings. The molecule has 1 unspecified atom stereocenters. The fraction of sp³-hybridized carbons (Fsp3) is 0.294. The third-order valence-corrected chi connectivity index (χ3v) is 4.59. The predicted molar refractivity (Wildman–Crippen MR) is 85.6 cm³/mol. The van der Waals surface area contributed by atoms with Gasteiger partial charge >= 0.3 is 0 Å². The first-order valence-corrected chi connectivity index (χ1v) is 7.54. The van der Waals surface area contributed by atoms with Crippen molar-refractivity contribution in [2.45, 2.75) is 26.8 Å². The van der Waals surface area contributed by atoms with Gasteiger partial charge in [-0.2, -0.15) is 0 Å². The van der Waals surface area contributed by atoms with Crippen LogP contribution in [0.25, 0.3) is 0 Å². The zero-order valence-electron chi connectivity index (χ0n) is 12.5. The highest BCUT2D eigenvalue weighted by atomic mass is 79.9. The highest BCUT2D eigenvalue weighted by Gasteiger charge is 2.20. The molecular weight excluding hydrogens is 336 g/mol. The second-order valence-electron chi connectivity index (χ2n) is 5.30. The van der Waals surface area contributed by atoms with Crippen molar-refractivity contribution >= 4 is 15.9 Å². The minimum atomic E-state index is -0.530. The third-order valence-electron chi connectivity index (χ3n) is 3.74. The van der Waals surface area contributed by atoms with Crippen LogP contribution < -0.4 is 5.32 Å². The van der Waals surface area contributed by atoms with Gasteiger partial charge in [-0.25, -0.2) is 8.78 Å². The zero-order chi connectivity index (χ0) is 15.7. The Morgan fingerprint density at radius 3 is 2.10 bits per heavy atom. The summed E-state index contributed by atoms with van der Waals surface area (Å²) < 4.78 is 28.7. The van der Waals surface area contributed by atoms with Crippen LogP contribution in [0.1, 0.15) is 33.9 Å². The molecule has 4 heteroatoms. The van der Waals surface area contributed by atoms with Crippen LogP contribution in [0.15, 0.2) is 28.7 Å². The first-order valence-electron chi connectivity index (χ1n) is 6.74. The van der Waals surface area contributed by atoms with Gasteiger partial charge in [-0.05, 0) is 62.2 Å². The molecule has 0 heterocycles. The minimum absolute atomic E-state index is 0.309. The molecule has 1 atom stereocenters. The highest BCUT2D eigenvalue weighted by molar-refractivity contribution is 9.10. The quantitative estimate of drug-likeness (QED) is 0.821. The molecule has 2 aromatic rings. The molecule has 0 radical (unpaired) electrons. The Balaban J connectivity index is 2.60. The Morgan fingerprint density at radius 2 is 1.48 bits per heavy atom. The number of hydrogen-bond donors (Lipinski definition) is 1. The van der Waals surface area contributed by atoms with E-state index < -0.39 is 11.6 Å². The lowest BCUT2D eigenvalue weighted by atomic mass is 9.92. The van der Waals surface area contributed by atoms with Gasteiger partial charge in [-0.3, -0.25) is 0 Å². The molecule has 1 N–H and O–H groups in total. The highest BCUT2D eigenvalue weighted by Crippen LogP contribution is 2.31. The Hall–Kier alpha value is -1.26. The van der Waals surface area contributed by atoms with Crippen molar-refractivity contribution in [3.05, 3.63) is 68.2 Å². The second-order valence-corrected chi connectivity index (χ2v) is 6.16. The Bertz CT molecular complexity index is 625. The molecule has 112 valence electrons. The van der Waals surface area contributed by atoms with Gasteiger partial charge in [0.1, 0.15) is 11.6 Å². The van der Waals surface area contributed by atoms with Crippen LogP contribution in [0.2, 0.25) is 0 Å². The van der Waals surface area contributed by atoms with Crippen molar-refractivity contribution in [2.75, 3.05) is 7.05 Å². The smallest absolute Gasteiger partial charge is 0.131 e. The number of nitrogens with one attached hydrogen (secondary N) is 1. The number of hydrogen-bond acceptors (Lipinski definition) is 1. The van der Waals surface area contributed by atoms with Crippen molar-refractivity contribution in [1.29, 1.82) is 0 Å². The summed E-state index contributed by atoms with van der Waals surface area (Å²) in [7, 11) is 1.78. The fourth-order valence-electron chi connectivity index (χ4n) is 2.49. The molecule has 0 aliphatic carbocycles. The van der Waals surface area contributed by atoms with E-state index >= 15 is 0 Å². The van der Waals surface area contributed by atoms with Crippen molar-refractivity contribution < 1.29 is 8.78 Å². The van der Waals surface area contributed by atoms with Crippen LogP contribution in [-0.4, -0.2) is 7.05 Å². The maximum absolute atomic E-state index is 14.2. The van der Waals surface area contributed by atoms with Gasteiger partial charge in [0, 0.05) is 16.1 Å². The van der Waals surface area contributed by atoms with Crippen LogP contribution in [-0.2, 0) is 0 Å². The van der Waals surface area contributed by atoms with Crippen LogP contribution in [0.3, 0.4) is 0 Å². The molecule has 0 fully saturated rings. The van der Waals surface area contributed by atoms with Crippen molar-refractivity contribution in [3.63, 3.8) is 0 Å². The summed E-state index contributed by atoms with van der Waals surface area (Å²) in [6, 6.07) is 6.26. The van der Waals surface area contributed by atoms with Crippen LogP contribution >= 0.6 is 15.9 Å². The van der Waals surface area contributed by atoms with E-state index in [-0.39, 0.29) is 6.04 Å². The van der Waals surface area contributed by atoms with E-state index in [9.17, 15) is 8.78 Å². The van der Waals surface area contributed by atoms with Gasteiger partial charge in [-0.1, -0.05) is 22.0 Å². The summed E-state index contributed by atoms with van der Waals surface area (Å²) >= 11 is 3.50. The molecule has 0 aliphatic heterocycles. The number of benzene rings is 2. The lowest BCUT2D eigenvalue weighted by molar-refractivity contribution is 0.547. The van der Waals surface area contributed by atoms with Crippen LogP contribution in [0, 0.1) is 32.4 Å². The van der Waals surface area contributed by atoms with Gasteiger partial charge in [0.2, 0.25) is 0 Å². The van der Waals surface area contributed by atoms with E-state index in [1.807, 2.05) is 26.0 Å². The van der Waals surface area contributed by atoms with Gasteiger partial charge in [0.05, 0.1) is 6.04 Å². The third kappa shape index (κ3) is 3.16. The molecule has 2 aromatic carbocycles. The molecule has 0 amide bonds. The standard InChI is InChI=1S/C17H18BrF2N/c1-9-7-14(18)10(2)5-12(9)17(21-4)13-6-11(3)15(19)8-16(13)20/h5-8,17,21H,1-4H3. The average molecular weight is 354 g/mol. The lowest BCUT2D eigenvalue weighted by Gasteiger charge is -2.22. The summed E-state index contributed by atoms with van der Waals surface area (Å²) in [5, 5.41) is 3.13. The van der Waals surface area contributed by atoms with Crippen LogP contribution in [0.5, 0.6) is 0 Å². The monoisotopic (exact) mass is 353 g/mol. The molecule has 2 rings (SSSR count). The topological polar surface area (TPSA) is 12.0 Å². The Kier molecular flexibility index (Phi) is 4.79. The summed E-state index contributed by atoms with van der Waals surface area (Å²) in [5.41, 5.74) is 4.02. The molecule has 1 nitrogen and oxygen atoms in total. The first-order chi connectivity index (χ1) is 9.85. The fourth-order valence-corrected chi connectivity index (χ4v) is 2.95. The molecule has 0 aromatic heterocycles. The first kappa shape index (κ1) is 16.1. The normalized spacial score (nSPS) is 12.5. The Morgan fingerprint density at radius 1 is 0.857 bits per heavy atom.